The van der Waals surface area contributed by atoms with Gasteiger partial charge in [-0.05, 0) is 31.2 Å². The summed E-state index contributed by atoms with van der Waals surface area (Å²) in [4.78, 5) is 40.4. The van der Waals surface area contributed by atoms with Gasteiger partial charge in [0.2, 0.25) is 0 Å². The van der Waals surface area contributed by atoms with Gasteiger partial charge >= 0.3 is 0 Å². The van der Waals surface area contributed by atoms with Gasteiger partial charge in [-0.15, -0.1) is 0 Å². The van der Waals surface area contributed by atoms with Gasteiger partial charge in [0.25, 0.3) is 11.8 Å². The largest absolute Gasteiger partial charge is 0.298 e. The zero-order valence-electron chi connectivity index (χ0n) is 17.5. The molecule has 2 aromatic rings. The highest BCUT2D eigenvalue weighted by Gasteiger charge is 2.39. The Labute approximate surface area is 181 Å². The monoisotopic (exact) mass is 429 g/mol. The van der Waals surface area contributed by atoms with Crippen LogP contribution in [-0.4, -0.2) is 29.0 Å². The molecule has 0 saturated carbocycles. The van der Waals surface area contributed by atoms with E-state index in [-0.39, 0.29) is 12.3 Å². The second kappa shape index (κ2) is 13.0. The van der Waals surface area contributed by atoms with Gasteiger partial charge in [0.15, 0.2) is 0 Å². The Kier molecular flexibility index (Phi) is 11.1. The van der Waals surface area contributed by atoms with Crippen molar-refractivity contribution in [1.82, 2.24) is 4.90 Å². The molecule has 0 radical (unpaired) electrons. The van der Waals surface area contributed by atoms with E-state index in [2.05, 4.69) is 0 Å². The minimum Gasteiger partial charge on any atom is -0.298 e. The van der Waals surface area contributed by atoms with Gasteiger partial charge in [0, 0.05) is 9.79 Å². The third kappa shape index (κ3) is 6.91. The minimum absolute atomic E-state index is 0.199. The summed E-state index contributed by atoms with van der Waals surface area (Å²) in [5.41, 5.74) is 0. The van der Waals surface area contributed by atoms with Crippen LogP contribution in [0.3, 0.4) is 0 Å². The number of carbonyl (C=O) groups excluding carboxylic acids is 3. The number of nitrogens with zero attached hydrogens (tertiary/aromatic N) is 1. The summed E-state index contributed by atoms with van der Waals surface area (Å²) >= 11 is 2.51. The van der Waals surface area contributed by atoms with Crippen LogP contribution in [0.5, 0.6) is 0 Å². The zero-order valence-corrected chi connectivity index (χ0v) is 19.1. The van der Waals surface area contributed by atoms with Crippen LogP contribution in [-0.2, 0) is 14.4 Å². The maximum Gasteiger partial charge on any atom is 0.269 e. The fourth-order valence-corrected chi connectivity index (χ4v) is 4.35. The summed E-state index contributed by atoms with van der Waals surface area (Å²) < 4.78 is 0. The Morgan fingerprint density at radius 3 is 1.38 bits per heavy atom. The molecular formula is C23H27NO3S2. The lowest BCUT2D eigenvalue weighted by Crippen LogP contribution is -2.35. The maximum absolute atomic E-state index is 12.7. The smallest absolute Gasteiger partial charge is 0.269 e. The quantitative estimate of drug-likeness (QED) is 0.544. The predicted molar refractivity (Wildman–Crippen MR) is 122 cm³/mol. The van der Waals surface area contributed by atoms with Crippen LogP contribution in [0.4, 0.5) is 0 Å². The lowest BCUT2D eigenvalue weighted by molar-refractivity contribution is -0.140. The van der Waals surface area contributed by atoms with Crippen molar-refractivity contribution in [3.8, 4) is 0 Å². The summed E-state index contributed by atoms with van der Waals surface area (Å²) in [5, 5.41) is 0. The molecule has 1 aliphatic rings. The van der Waals surface area contributed by atoms with Crippen LogP contribution in [0.25, 0.3) is 0 Å². The van der Waals surface area contributed by atoms with Gasteiger partial charge in [0.05, 0.1) is 16.4 Å². The number of amides is 2. The topological polar surface area (TPSA) is 54.5 Å². The van der Waals surface area contributed by atoms with Gasteiger partial charge in [-0.25, -0.2) is 0 Å². The Hall–Kier alpha value is -2.31. The Bertz CT molecular complexity index is 785. The van der Waals surface area contributed by atoms with Crippen molar-refractivity contribution in [2.24, 2.45) is 0 Å². The first-order valence-electron chi connectivity index (χ1n) is 9.62. The molecule has 0 N–H and O–H groups in total. The van der Waals surface area contributed by atoms with E-state index in [0.717, 1.165) is 14.7 Å². The van der Waals surface area contributed by atoms with Crippen LogP contribution >= 0.6 is 23.5 Å². The molecule has 0 fully saturated rings. The molecular weight excluding hydrogens is 402 g/mol. The van der Waals surface area contributed by atoms with Crippen LogP contribution in [0.2, 0.25) is 0 Å². The van der Waals surface area contributed by atoms with E-state index in [9.17, 15) is 14.4 Å². The number of Topliss-reactive ketones (excluding diaryl/α,β-unsaturated/α-hetero) is 1. The summed E-state index contributed by atoms with van der Waals surface area (Å²) in [6.45, 7) is 9.17. The van der Waals surface area contributed by atoms with Gasteiger partial charge in [-0.3, -0.25) is 19.3 Å². The second-order valence-corrected chi connectivity index (χ2v) is 7.55. The SMILES string of the molecule is CC.CC.CC(=O)CN1C(=O)C(Sc2ccccc2)=C(Sc2ccccc2)C1=O. The zero-order chi connectivity index (χ0) is 21.8. The van der Waals surface area contributed by atoms with Crippen molar-refractivity contribution in [3.63, 3.8) is 0 Å². The van der Waals surface area contributed by atoms with Crippen molar-refractivity contribution < 1.29 is 14.4 Å². The third-order valence-corrected chi connectivity index (χ3v) is 5.70. The maximum atomic E-state index is 12.7. The van der Waals surface area contributed by atoms with Crippen LogP contribution in [0.1, 0.15) is 34.6 Å². The number of ketones is 1. The molecule has 154 valence electrons. The molecule has 0 aliphatic carbocycles. The van der Waals surface area contributed by atoms with E-state index in [4.69, 9.17) is 0 Å². The molecule has 0 unspecified atom stereocenters. The number of hydrogen-bond acceptors (Lipinski definition) is 5. The average Bonchev–Trinajstić information content (AvgIpc) is 2.97. The van der Waals surface area contributed by atoms with Crippen LogP contribution in [0, 0.1) is 0 Å². The molecule has 6 heteroatoms. The molecule has 29 heavy (non-hydrogen) atoms. The molecule has 2 amide bonds. The van der Waals surface area contributed by atoms with E-state index in [1.54, 1.807) is 0 Å². The van der Waals surface area contributed by atoms with E-state index in [0.29, 0.717) is 9.81 Å². The first-order valence-corrected chi connectivity index (χ1v) is 11.3. The Balaban J connectivity index is 0.000000989. The number of thioether (sulfide) groups is 2. The number of benzene rings is 2. The summed E-state index contributed by atoms with van der Waals surface area (Å²) in [5.74, 6) is -1.04. The summed E-state index contributed by atoms with van der Waals surface area (Å²) in [6, 6.07) is 18.8. The lowest BCUT2D eigenvalue weighted by Gasteiger charge is -2.12. The number of rotatable bonds is 6. The van der Waals surface area contributed by atoms with Crippen LogP contribution in [0.15, 0.2) is 80.3 Å². The number of imide groups is 1. The second-order valence-electron chi connectivity index (χ2n) is 5.39. The highest BCUT2D eigenvalue weighted by molar-refractivity contribution is 8.08. The summed E-state index contributed by atoms with van der Waals surface area (Å²) in [7, 11) is 0. The Morgan fingerprint density at radius 2 is 1.07 bits per heavy atom. The van der Waals surface area contributed by atoms with Gasteiger partial charge in [-0.2, -0.15) is 0 Å². The summed E-state index contributed by atoms with van der Waals surface area (Å²) in [6.07, 6.45) is 0. The van der Waals surface area contributed by atoms with E-state index in [1.165, 1.54) is 30.4 Å². The standard InChI is InChI=1S/C19H15NO3S2.2C2H6/c1-13(21)12-20-18(22)16(24-14-8-4-2-5-9-14)17(19(20)23)25-15-10-6-3-7-11-15;2*1-2/h2-11H,12H2,1H3;2*1-2H3. The van der Waals surface area contributed by atoms with Gasteiger partial charge in [0.1, 0.15) is 5.78 Å². The molecule has 2 aromatic carbocycles. The number of hydrogen-bond donors (Lipinski definition) is 0. The first kappa shape index (κ1) is 24.7. The number of carbonyl (C=O) groups is 3. The van der Waals surface area contributed by atoms with Crippen molar-refractivity contribution in [3.05, 3.63) is 70.5 Å². The van der Waals surface area contributed by atoms with Gasteiger partial charge < -0.3 is 0 Å². The Morgan fingerprint density at radius 1 is 0.724 bits per heavy atom. The fourth-order valence-electron chi connectivity index (χ4n) is 2.29. The molecule has 3 rings (SSSR count). The highest BCUT2D eigenvalue weighted by Crippen LogP contribution is 2.42. The van der Waals surface area contributed by atoms with Crippen molar-refractivity contribution in [1.29, 1.82) is 0 Å². The molecule has 1 aliphatic heterocycles. The molecule has 0 atom stereocenters. The lowest BCUT2D eigenvalue weighted by atomic mass is 10.4. The normalized spacial score (nSPS) is 12.8. The predicted octanol–water partition coefficient (Wildman–Crippen LogP) is 5.79. The third-order valence-electron chi connectivity index (χ3n) is 3.39. The molecule has 0 bridgehead atoms. The van der Waals surface area contributed by atoms with E-state index in [1.807, 2.05) is 88.4 Å². The van der Waals surface area contributed by atoms with Crippen molar-refractivity contribution in [2.75, 3.05) is 6.54 Å². The van der Waals surface area contributed by atoms with Crippen molar-refractivity contribution in [2.45, 2.75) is 44.4 Å². The van der Waals surface area contributed by atoms with Crippen LogP contribution < -0.4 is 0 Å². The minimum atomic E-state index is -0.410. The first-order chi connectivity index (χ1) is 14.1. The van der Waals surface area contributed by atoms with Gasteiger partial charge in [-0.1, -0.05) is 87.6 Å². The van der Waals surface area contributed by atoms with E-state index < -0.39 is 11.8 Å². The molecule has 0 aromatic heterocycles. The molecule has 0 spiro atoms. The van der Waals surface area contributed by atoms with E-state index >= 15 is 0 Å². The highest BCUT2D eigenvalue weighted by atomic mass is 32.2. The molecule has 4 nitrogen and oxygen atoms in total. The average molecular weight is 430 g/mol. The molecule has 1 heterocycles. The molecule has 0 saturated heterocycles. The fraction of sp³-hybridized carbons (Fsp3) is 0.261. The van der Waals surface area contributed by atoms with Crippen molar-refractivity contribution >= 4 is 41.1 Å².